The van der Waals surface area contributed by atoms with Crippen LogP contribution < -0.4 is 10.1 Å². The Morgan fingerprint density at radius 3 is 2.92 bits per heavy atom. The van der Waals surface area contributed by atoms with Crippen LogP contribution in [0.25, 0.3) is 11.4 Å². The standard InChI is InChI=1S/C17H17N5O2S2/c1-24-11-7-5-10(6-8-11)15-20-21-17(25)22(15)9-14(23)19-16-18-12-3-2-4-13(12)26-16/h5-8H,2-4,9H2,1H3,(H,21,25)(H,18,19,23). The van der Waals surface area contributed by atoms with Crippen molar-refractivity contribution in [1.29, 1.82) is 0 Å². The maximum atomic E-state index is 12.5. The maximum Gasteiger partial charge on any atom is 0.246 e. The average molecular weight is 387 g/mol. The molecule has 0 saturated heterocycles. The number of nitrogens with zero attached hydrogens (tertiary/aromatic N) is 3. The second kappa shape index (κ2) is 7.00. The van der Waals surface area contributed by atoms with Crippen molar-refractivity contribution in [3.8, 4) is 17.1 Å². The van der Waals surface area contributed by atoms with E-state index < -0.39 is 0 Å². The normalized spacial score (nSPS) is 12.8. The number of carbonyl (C=O) groups is 1. The summed E-state index contributed by atoms with van der Waals surface area (Å²) in [6.45, 7) is 0.0704. The molecule has 0 bridgehead atoms. The Hall–Kier alpha value is -2.52. The van der Waals surface area contributed by atoms with Crippen LogP contribution in [-0.4, -0.2) is 32.8 Å². The summed E-state index contributed by atoms with van der Waals surface area (Å²) in [5.41, 5.74) is 1.96. The molecule has 1 amide bonds. The predicted molar refractivity (Wildman–Crippen MR) is 102 cm³/mol. The molecule has 0 aliphatic heterocycles. The van der Waals surface area contributed by atoms with E-state index in [9.17, 15) is 4.79 Å². The fraction of sp³-hybridized carbons (Fsp3) is 0.294. The molecular formula is C17H17N5O2S2. The highest BCUT2D eigenvalue weighted by Gasteiger charge is 2.18. The van der Waals surface area contributed by atoms with Crippen LogP contribution in [0.15, 0.2) is 24.3 Å². The molecule has 0 radical (unpaired) electrons. The second-order valence-corrected chi connectivity index (χ2v) is 7.43. The van der Waals surface area contributed by atoms with Gasteiger partial charge < -0.3 is 10.1 Å². The molecule has 3 aromatic rings. The molecule has 0 saturated carbocycles. The van der Waals surface area contributed by atoms with Gasteiger partial charge >= 0.3 is 0 Å². The van der Waals surface area contributed by atoms with Crippen LogP contribution in [0.1, 0.15) is 17.0 Å². The van der Waals surface area contributed by atoms with E-state index in [0.29, 0.717) is 15.7 Å². The third kappa shape index (κ3) is 3.27. The summed E-state index contributed by atoms with van der Waals surface area (Å²) < 4.78 is 7.24. The number of aryl methyl sites for hydroxylation is 2. The minimum atomic E-state index is -0.176. The van der Waals surface area contributed by atoms with Gasteiger partial charge in [0, 0.05) is 10.4 Å². The molecule has 2 N–H and O–H groups in total. The van der Waals surface area contributed by atoms with Gasteiger partial charge in [-0.3, -0.25) is 14.5 Å². The zero-order valence-corrected chi connectivity index (χ0v) is 15.7. The number of hydrogen-bond donors (Lipinski definition) is 2. The van der Waals surface area contributed by atoms with Crippen molar-refractivity contribution in [3.05, 3.63) is 39.6 Å². The van der Waals surface area contributed by atoms with Gasteiger partial charge in [-0.1, -0.05) is 0 Å². The first-order valence-corrected chi connectivity index (χ1v) is 9.44. The van der Waals surface area contributed by atoms with Crippen LogP contribution in [-0.2, 0) is 24.2 Å². The lowest BCUT2D eigenvalue weighted by Gasteiger charge is -2.07. The number of hydrogen-bond acceptors (Lipinski definition) is 6. The molecule has 0 atom stereocenters. The van der Waals surface area contributed by atoms with Gasteiger partial charge in [0.05, 0.1) is 12.8 Å². The van der Waals surface area contributed by atoms with Crippen molar-refractivity contribution in [2.24, 2.45) is 0 Å². The van der Waals surface area contributed by atoms with Crippen LogP contribution in [0.3, 0.4) is 0 Å². The molecule has 2 aromatic heterocycles. The van der Waals surface area contributed by atoms with E-state index in [2.05, 4.69) is 20.5 Å². The topological polar surface area (TPSA) is 84.8 Å². The zero-order chi connectivity index (χ0) is 18.1. The van der Waals surface area contributed by atoms with Crippen molar-refractivity contribution >= 4 is 34.6 Å². The number of thiazole rings is 1. The van der Waals surface area contributed by atoms with E-state index in [0.717, 1.165) is 36.3 Å². The van der Waals surface area contributed by atoms with Gasteiger partial charge in [-0.25, -0.2) is 4.98 Å². The first kappa shape index (κ1) is 16.9. The van der Waals surface area contributed by atoms with E-state index in [-0.39, 0.29) is 12.5 Å². The molecule has 1 aromatic carbocycles. The Morgan fingerprint density at radius 2 is 2.19 bits per heavy atom. The largest absolute Gasteiger partial charge is 0.497 e. The van der Waals surface area contributed by atoms with Crippen LogP contribution in [0, 0.1) is 4.77 Å². The summed E-state index contributed by atoms with van der Waals surface area (Å²) in [5, 5.41) is 10.5. The molecule has 0 fully saturated rings. The molecule has 2 heterocycles. The first-order chi connectivity index (χ1) is 12.6. The van der Waals surface area contributed by atoms with Crippen LogP contribution in [0.5, 0.6) is 5.75 Å². The number of carbonyl (C=O) groups excluding carboxylic acids is 1. The molecule has 0 unspecified atom stereocenters. The van der Waals surface area contributed by atoms with Gasteiger partial charge in [0.1, 0.15) is 12.3 Å². The lowest BCUT2D eigenvalue weighted by molar-refractivity contribution is -0.116. The monoisotopic (exact) mass is 387 g/mol. The molecule has 134 valence electrons. The number of anilines is 1. The SMILES string of the molecule is COc1ccc(-c2n[nH]c(=S)n2CC(=O)Nc2nc3c(s2)CCC3)cc1. The van der Waals surface area contributed by atoms with Crippen molar-refractivity contribution in [2.75, 3.05) is 12.4 Å². The number of benzene rings is 1. The van der Waals surface area contributed by atoms with E-state index in [1.165, 1.54) is 4.88 Å². The molecule has 4 rings (SSSR count). The van der Waals surface area contributed by atoms with E-state index in [1.54, 1.807) is 23.0 Å². The fourth-order valence-corrected chi connectivity index (χ4v) is 4.23. The van der Waals surface area contributed by atoms with Crippen molar-refractivity contribution in [3.63, 3.8) is 0 Å². The van der Waals surface area contributed by atoms with Gasteiger partial charge in [-0.05, 0) is 55.7 Å². The quantitative estimate of drug-likeness (QED) is 0.657. The van der Waals surface area contributed by atoms with Crippen molar-refractivity contribution in [2.45, 2.75) is 25.8 Å². The van der Waals surface area contributed by atoms with Gasteiger partial charge in [-0.15, -0.1) is 11.3 Å². The Morgan fingerprint density at radius 1 is 1.38 bits per heavy atom. The zero-order valence-electron chi connectivity index (χ0n) is 14.1. The Labute approximate surface area is 159 Å². The van der Waals surface area contributed by atoms with Crippen molar-refractivity contribution in [1.82, 2.24) is 19.7 Å². The average Bonchev–Trinajstić information content (AvgIpc) is 3.31. The molecule has 1 aliphatic carbocycles. The lowest BCUT2D eigenvalue weighted by atomic mass is 10.2. The number of methoxy groups -OCH3 is 1. The van der Waals surface area contributed by atoms with E-state index >= 15 is 0 Å². The van der Waals surface area contributed by atoms with E-state index in [1.807, 2.05) is 24.3 Å². The highest BCUT2D eigenvalue weighted by Crippen LogP contribution is 2.30. The Kier molecular flexibility index (Phi) is 4.56. The minimum Gasteiger partial charge on any atom is -0.497 e. The van der Waals surface area contributed by atoms with Crippen LogP contribution >= 0.6 is 23.6 Å². The molecule has 26 heavy (non-hydrogen) atoms. The minimum absolute atomic E-state index is 0.0704. The van der Waals surface area contributed by atoms with Gasteiger partial charge in [0.25, 0.3) is 0 Å². The summed E-state index contributed by atoms with van der Waals surface area (Å²) in [6, 6.07) is 7.44. The summed E-state index contributed by atoms with van der Waals surface area (Å²) in [7, 11) is 1.61. The molecule has 0 spiro atoms. The number of ether oxygens (including phenoxy) is 1. The highest BCUT2D eigenvalue weighted by molar-refractivity contribution is 7.71. The molecular weight excluding hydrogens is 370 g/mol. The Balaban J connectivity index is 1.52. The summed E-state index contributed by atoms with van der Waals surface area (Å²) in [5.74, 6) is 1.18. The number of amides is 1. The van der Waals surface area contributed by atoms with Gasteiger partial charge in [0.15, 0.2) is 15.7 Å². The van der Waals surface area contributed by atoms with Crippen LogP contribution in [0.4, 0.5) is 5.13 Å². The van der Waals surface area contributed by atoms with Crippen LogP contribution in [0.2, 0.25) is 0 Å². The number of nitrogens with one attached hydrogen (secondary N) is 2. The predicted octanol–water partition coefficient (Wildman–Crippen LogP) is 3.20. The van der Waals surface area contributed by atoms with Gasteiger partial charge in [-0.2, -0.15) is 5.10 Å². The van der Waals surface area contributed by atoms with Crippen molar-refractivity contribution < 1.29 is 9.53 Å². The number of H-pyrrole nitrogens is 1. The molecule has 1 aliphatic rings. The third-order valence-electron chi connectivity index (χ3n) is 4.25. The number of rotatable bonds is 5. The second-order valence-electron chi connectivity index (χ2n) is 5.96. The van der Waals surface area contributed by atoms with Gasteiger partial charge in [0.2, 0.25) is 5.91 Å². The summed E-state index contributed by atoms with van der Waals surface area (Å²) in [4.78, 5) is 18.2. The maximum absolute atomic E-state index is 12.5. The number of aromatic amines is 1. The number of fused-ring (bicyclic) bond motifs is 1. The molecule has 7 nitrogen and oxygen atoms in total. The third-order valence-corrected chi connectivity index (χ3v) is 5.63. The first-order valence-electron chi connectivity index (χ1n) is 8.22. The lowest BCUT2D eigenvalue weighted by Crippen LogP contribution is -2.19. The van der Waals surface area contributed by atoms with E-state index in [4.69, 9.17) is 17.0 Å². The summed E-state index contributed by atoms with van der Waals surface area (Å²) >= 11 is 6.84. The fourth-order valence-electron chi connectivity index (χ4n) is 2.97. The smallest absolute Gasteiger partial charge is 0.246 e. The number of aromatic nitrogens is 4. The summed E-state index contributed by atoms with van der Waals surface area (Å²) in [6.07, 6.45) is 3.20. The molecule has 9 heteroatoms. The Bertz CT molecular complexity index is 982. The highest BCUT2D eigenvalue weighted by atomic mass is 32.1.